The number of nitrogens with two attached hydrogens (primary N) is 1. The molecule has 2 aromatic heterocycles. The largest absolute Gasteiger partial charge is 0.494 e. The van der Waals surface area contributed by atoms with Gasteiger partial charge in [0.15, 0.2) is 11.6 Å². The topological polar surface area (TPSA) is 90.9 Å². The Bertz CT molecular complexity index is 1070. The zero-order valence-electron chi connectivity index (χ0n) is 15.7. The summed E-state index contributed by atoms with van der Waals surface area (Å²) in [5.74, 6) is 1.98. The molecule has 3 N–H and O–H groups in total. The normalized spacial score (nSPS) is 10.9. The van der Waals surface area contributed by atoms with E-state index < -0.39 is 0 Å². The number of hydrogen-bond donors (Lipinski definition) is 2. The van der Waals surface area contributed by atoms with Gasteiger partial charge in [0.05, 0.1) is 17.6 Å². The molecule has 28 heavy (non-hydrogen) atoms. The minimum absolute atomic E-state index is 0.453. The molecule has 142 valence electrons. The van der Waals surface area contributed by atoms with Gasteiger partial charge in [-0.2, -0.15) is 0 Å². The maximum absolute atomic E-state index is 6.36. The molecular formula is C21H22N6O. The summed E-state index contributed by atoms with van der Waals surface area (Å²) in [4.78, 5) is 13.1. The highest BCUT2D eigenvalue weighted by atomic mass is 16.5. The van der Waals surface area contributed by atoms with Gasteiger partial charge in [0, 0.05) is 5.69 Å². The van der Waals surface area contributed by atoms with Crippen LogP contribution in [-0.2, 0) is 0 Å². The monoisotopic (exact) mass is 374 g/mol. The minimum atomic E-state index is 0.453. The number of ether oxygens (including phenoxy) is 1. The van der Waals surface area contributed by atoms with Crippen molar-refractivity contribution in [2.45, 2.75) is 19.8 Å². The van der Waals surface area contributed by atoms with Crippen molar-refractivity contribution in [3.05, 3.63) is 61.2 Å². The third-order valence-electron chi connectivity index (χ3n) is 4.43. The third-order valence-corrected chi connectivity index (χ3v) is 4.43. The molecule has 4 rings (SSSR count). The van der Waals surface area contributed by atoms with Crippen molar-refractivity contribution in [2.24, 2.45) is 0 Å². The van der Waals surface area contributed by atoms with Gasteiger partial charge in [-0.15, -0.1) is 0 Å². The smallest absolute Gasteiger partial charge is 0.167 e. The van der Waals surface area contributed by atoms with Crippen molar-refractivity contribution in [1.82, 2.24) is 19.5 Å². The van der Waals surface area contributed by atoms with Gasteiger partial charge >= 0.3 is 0 Å². The predicted octanol–water partition coefficient (Wildman–Crippen LogP) is 4.32. The van der Waals surface area contributed by atoms with Crippen molar-refractivity contribution in [3.63, 3.8) is 0 Å². The zero-order valence-corrected chi connectivity index (χ0v) is 15.7. The first-order valence-electron chi connectivity index (χ1n) is 9.29. The van der Waals surface area contributed by atoms with Gasteiger partial charge in [-0.05, 0) is 42.8 Å². The molecule has 0 saturated carbocycles. The number of hydrogen-bond acceptors (Lipinski definition) is 6. The van der Waals surface area contributed by atoms with E-state index in [-0.39, 0.29) is 0 Å². The second kappa shape index (κ2) is 7.96. The highest BCUT2D eigenvalue weighted by Crippen LogP contribution is 2.28. The Balaban J connectivity index is 1.57. The van der Waals surface area contributed by atoms with E-state index in [0.29, 0.717) is 17.3 Å². The average Bonchev–Trinajstić information content (AvgIpc) is 3.15. The molecule has 0 bridgehead atoms. The van der Waals surface area contributed by atoms with E-state index in [1.807, 2.05) is 53.1 Å². The maximum Gasteiger partial charge on any atom is 0.167 e. The van der Waals surface area contributed by atoms with Crippen LogP contribution in [0.2, 0.25) is 0 Å². The van der Waals surface area contributed by atoms with Crippen molar-refractivity contribution in [3.8, 4) is 11.6 Å². The van der Waals surface area contributed by atoms with Gasteiger partial charge in [-0.25, -0.2) is 15.0 Å². The van der Waals surface area contributed by atoms with Crippen LogP contribution in [0, 0.1) is 0 Å². The average molecular weight is 374 g/mol. The van der Waals surface area contributed by atoms with Crippen LogP contribution < -0.4 is 15.8 Å². The molecule has 0 atom stereocenters. The molecule has 2 aromatic carbocycles. The Morgan fingerprint density at radius 2 is 1.86 bits per heavy atom. The summed E-state index contributed by atoms with van der Waals surface area (Å²) in [6.07, 6.45) is 5.37. The molecule has 0 fully saturated rings. The summed E-state index contributed by atoms with van der Waals surface area (Å²) >= 11 is 0. The third kappa shape index (κ3) is 3.59. The van der Waals surface area contributed by atoms with Crippen LogP contribution in [0.25, 0.3) is 16.9 Å². The minimum Gasteiger partial charge on any atom is -0.494 e. The Morgan fingerprint density at radius 3 is 2.68 bits per heavy atom. The number of anilines is 3. The van der Waals surface area contributed by atoms with Crippen LogP contribution in [0.15, 0.2) is 61.2 Å². The summed E-state index contributed by atoms with van der Waals surface area (Å²) in [5.41, 5.74) is 9.51. The molecule has 0 aliphatic heterocycles. The fourth-order valence-electron chi connectivity index (χ4n) is 2.91. The van der Waals surface area contributed by atoms with E-state index in [4.69, 9.17) is 10.5 Å². The molecule has 0 aliphatic carbocycles. The number of aromatic nitrogens is 4. The van der Waals surface area contributed by atoms with Crippen LogP contribution in [0.3, 0.4) is 0 Å². The summed E-state index contributed by atoms with van der Waals surface area (Å²) < 4.78 is 7.56. The fraction of sp³-hybridized carbons (Fsp3) is 0.190. The van der Waals surface area contributed by atoms with E-state index in [1.165, 1.54) is 6.33 Å². The quantitative estimate of drug-likeness (QED) is 0.468. The van der Waals surface area contributed by atoms with E-state index in [0.717, 1.165) is 41.9 Å². The summed E-state index contributed by atoms with van der Waals surface area (Å²) in [7, 11) is 0. The van der Waals surface area contributed by atoms with Crippen molar-refractivity contribution < 1.29 is 4.74 Å². The molecule has 0 aliphatic rings. The van der Waals surface area contributed by atoms with Gasteiger partial charge in [-0.1, -0.05) is 25.5 Å². The van der Waals surface area contributed by atoms with Crippen LogP contribution in [0.4, 0.5) is 17.2 Å². The summed E-state index contributed by atoms with van der Waals surface area (Å²) in [5, 5.41) is 3.25. The second-order valence-electron chi connectivity index (χ2n) is 6.41. The molecule has 0 unspecified atom stereocenters. The molecule has 0 radical (unpaired) electrons. The number of fused-ring (bicyclic) bond motifs is 1. The first kappa shape index (κ1) is 17.8. The van der Waals surface area contributed by atoms with Crippen LogP contribution in [-0.4, -0.2) is 26.1 Å². The number of imidazole rings is 1. The molecule has 7 heteroatoms. The van der Waals surface area contributed by atoms with Crippen molar-refractivity contribution >= 4 is 28.2 Å². The number of para-hydroxylation sites is 2. The lowest BCUT2D eigenvalue weighted by atomic mass is 10.3. The Labute approximate surface area is 163 Å². The van der Waals surface area contributed by atoms with Gasteiger partial charge in [0.2, 0.25) is 0 Å². The second-order valence-corrected chi connectivity index (χ2v) is 6.41. The van der Waals surface area contributed by atoms with Gasteiger partial charge in [0.25, 0.3) is 0 Å². The Kier molecular flexibility index (Phi) is 5.05. The first-order valence-corrected chi connectivity index (χ1v) is 9.29. The molecule has 0 saturated heterocycles. The highest BCUT2D eigenvalue weighted by Gasteiger charge is 2.13. The lowest BCUT2D eigenvalue weighted by Gasteiger charge is -2.12. The number of benzene rings is 2. The maximum atomic E-state index is 6.36. The van der Waals surface area contributed by atoms with Gasteiger partial charge in [-0.3, -0.25) is 4.57 Å². The lowest BCUT2D eigenvalue weighted by molar-refractivity contribution is 0.309. The number of nitrogen functional groups attached to an aromatic ring is 1. The number of rotatable bonds is 7. The van der Waals surface area contributed by atoms with Crippen molar-refractivity contribution in [1.29, 1.82) is 0 Å². The standard InChI is InChI=1S/C21H22N6O/c1-2-3-12-28-16-10-8-15(9-11-16)26-20-19(22)21(24-13-23-20)27-14-25-17-6-4-5-7-18(17)27/h4-11,13-14H,2-3,12,22H2,1H3,(H,23,24,26). The molecule has 4 aromatic rings. The Hall–Kier alpha value is -3.61. The van der Waals surface area contributed by atoms with E-state index in [1.54, 1.807) is 6.33 Å². The fourth-order valence-corrected chi connectivity index (χ4v) is 2.91. The summed E-state index contributed by atoms with van der Waals surface area (Å²) in [6, 6.07) is 15.6. The van der Waals surface area contributed by atoms with Crippen LogP contribution in [0.1, 0.15) is 19.8 Å². The van der Waals surface area contributed by atoms with E-state index in [2.05, 4.69) is 27.2 Å². The van der Waals surface area contributed by atoms with Gasteiger partial charge < -0.3 is 15.8 Å². The van der Waals surface area contributed by atoms with E-state index in [9.17, 15) is 0 Å². The molecule has 2 heterocycles. The number of nitrogens with one attached hydrogen (secondary N) is 1. The number of unbranched alkanes of at least 4 members (excludes halogenated alkanes) is 1. The molecule has 7 nitrogen and oxygen atoms in total. The predicted molar refractivity (Wildman–Crippen MR) is 111 cm³/mol. The SMILES string of the molecule is CCCCOc1ccc(Nc2ncnc(-n3cnc4ccccc43)c2N)cc1. The van der Waals surface area contributed by atoms with Gasteiger partial charge in [0.1, 0.15) is 24.1 Å². The first-order chi connectivity index (χ1) is 13.8. The molecular weight excluding hydrogens is 352 g/mol. The zero-order chi connectivity index (χ0) is 19.3. The molecule has 0 amide bonds. The Morgan fingerprint density at radius 1 is 1.04 bits per heavy atom. The molecule has 0 spiro atoms. The number of nitrogens with zero attached hydrogens (tertiary/aromatic N) is 4. The van der Waals surface area contributed by atoms with Crippen molar-refractivity contribution in [2.75, 3.05) is 17.7 Å². The van der Waals surface area contributed by atoms with Crippen LogP contribution >= 0.6 is 0 Å². The van der Waals surface area contributed by atoms with Crippen LogP contribution in [0.5, 0.6) is 5.75 Å². The lowest BCUT2D eigenvalue weighted by Crippen LogP contribution is -2.07. The van der Waals surface area contributed by atoms with E-state index >= 15 is 0 Å². The summed E-state index contributed by atoms with van der Waals surface area (Å²) in [6.45, 7) is 2.87. The highest BCUT2D eigenvalue weighted by molar-refractivity contribution is 5.81.